The molecule has 1 aliphatic heterocycles. The van der Waals surface area contributed by atoms with E-state index in [0.717, 1.165) is 25.8 Å². The quantitative estimate of drug-likeness (QED) is 0.767. The monoisotopic (exact) mass is 263 g/mol. The van der Waals surface area contributed by atoms with Crippen LogP contribution in [0.5, 0.6) is 0 Å². The van der Waals surface area contributed by atoms with Crippen LogP contribution in [-0.4, -0.2) is 35.1 Å². The maximum Gasteiger partial charge on any atom is 0.106 e. The lowest BCUT2D eigenvalue weighted by molar-refractivity contribution is 0.166. The predicted molar refractivity (Wildman–Crippen MR) is 78.9 cm³/mol. The zero-order valence-corrected chi connectivity index (χ0v) is 12.8. The van der Waals surface area contributed by atoms with E-state index in [-0.39, 0.29) is 5.54 Å². The molecule has 0 amide bonds. The zero-order valence-electron chi connectivity index (χ0n) is 12.8. The smallest absolute Gasteiger partial charge is 0.106 e. The van der Waals surface area contributed by atoms with Gasteiger partial charge in [-0.05, 0) is 71.9 Å². The van der Waals surface area contributed by atoms with E-state index >= 15 is 0 Å². The van der Waals surface area contributed by atoms with Crippen molar-refractivity contribution in [3.8, 4) is 6.07 Å². The lowest BCUT2D eigenvalue weighted by Crippen LogP contribution is -2.46. The Bertz CT molecular complexity index is 340. The number of hydrogen-bond acceptors (Lipinski definition) is 3. The first-order valence-electron chi connectivity index (χ1n) is 7.95. The second-order valence-electron chi connectivity index (χ2n) is 6.97. The fourth-order valence-electron chi connectivity index (χ4n) is 3.29. The van der Waals surface area contributed by atoms with Crippen molar-refractivity contribution >= 4 is 0 Å². The van der Waals surface area contributed by atoms with Crippen LogP contribution in [0.25, 0.3) is 0 Å². The molecule has 2 fully saturated rings. The first kappa shape index (κ1) is 14.8. The lowest BCUT2D eigenvalue weighted by atomic mass is 9.91. The molecular formula is C16H29N3. The molecule has 108 valence electrons. The summed E-state index contributed by atoms with van der Waals surface area (Å²) in [6.45, 7) is 9.20. The summed E-state index contributed by atoms with van der Waals surface area (Å²) in [4.78, 5) is 2.60. The van der Waals surface area contributed by atoms with E-state index in [1.165, 1.54) is 32.2 Å². The van der Waals surface area contributed by atoms with E-state index in [2.05, 4.69) is 37.1 Å². The van der Waals surface area contributed by atoms with Gasteiger partial charge in [0.2, 0.25) is 0 Å². The number of likely N-dealkylation sites (tertiary alicyclic amines) is 1. The van der Waals surface area contributed by atoms with Crippen LogP contribution in [0.3, 0.4) is 0 Å². The molecule has 2 rings (SSSR count). The van der Waals surface area contributed by atoms with Gasteiger partial charge in [0.25, 0.3) is 0 Å². The van der Waals surface area contributed by atoms with Crippen molar-refractivity contribution in [2.75, 3.05) is 13.1 Å². The second-order valence-corrected chi connectivity index (χ2v) is 6.97. The van der Waals surface area contributed by atoms with Crippen LogP contribution in [-0.2, 0) is 0 Å². The van der Waals surface area contributed by atoms with Crippen LogP contribution in [0, 0.1) is 11.3 Å². The van der Waals surface area contributed by atoms with Gasteiger partial charge < -0.3 is 0 Å². The summed E-state index contributed by atoms with van der Waals surface area (Å²) in [6, 6.07) is 3.17. The van der Waals surface area contributed by atoms with Gasteiger partial charge in [-0.25, -0.2) is 0 Å². The molecule has 1 saturated carbocycles. The number of nitrogens with one attached hydrogen (secondary N) is 1. The molecule has 1 aliphatic carbocycles. The summed E-state index contributed by atoms with van der Waals surface area (Å²) >= 11 is 0. The van der Waals surface area contributed by atoms with Gasteiger partial charge in [-0.2, -0.15) is 5.26 Å². The molecule has 3 heteroatoms. The number of nitriles is 1. The number of hydrogen-bond donors (Lipinski definition) is 1. The van der Waals surface area contributed by atoms with Gasteiger partial charge in [-0.1, -0.05) is 6.92 Å². The van der Waals surface area contributed by atoms with Gasteiger partial charge in [0.05, 0.1) is 6.07 Å². The van der Waals surface area contributed by atoms with Gasteiger partial charge in [-0.15, -0.1) is 0 Å². The molecule has 1 unspecified atom stereocenters. The minimum atomic E-state index is -0.273. The van der Waals surface area contributed by atoms with Crippen LogP contribution in [0.2, 0.25) is 0 Å². The summed E-state index contributed by atoms with van der Waals surface area (Å²) in [5.74, 6) is 0. The minimum absolute atomic E-state index is 0.273. The second kappa shape index (κ2) is 5.81. The molecule has 1 atom stereocenters. The summed E-state index contributed by atoms with van der Waals surface area (Å²) in [6.07, 6.45) is 8.18. The summed E-state index contributed by atoms with van der Waals surface area (Å²) in [5, 5.41) is 13.1. The third-order valence-corrected chi connectivity index (χ3v) is 4.98. The highest BCUT2D eigenvalue weighted by Crippen LogP contribution is 2.30. The zero-order chi connectivity index (χ0) is 13.9. The maximum absolute atomic E-state index is 9.52. The van der Waals surface area contributed by atoms with Gasteiger partial charge in [0.1, 0.15) is 5.54 Å². The molecule has 1 saturated heterocycles. The SMILES string of the molecule is CCC(C#N)(CCCN1CCCC1(C)C)NC1CC1. The molecule has 1 N–H and O–H groups in total. The Morgan fingerprint density at radius 2 is 2.16 bits per heavy atom. The molecule has 0 aromatic carbocycles. The Morgan fingerprint density at radius 1 is 1.42 bits per heavy atom. The standard InChI is InChI=1S/C16H29N3/c1-4-16(13-17,18-14-7-8-14)10-6-12-19-11-5-9-15(19,2)3/h14,18H,4-12H2,1-3H3. The van der Waals surface area contributed by atoms with Gasteiger partial charge in [0, 0.05) is 11.6 Å². The normalized spacial score (nSPS) is 26.0. The Labute approximate surface area is 118 Å². The Morgan fingerprint density at radius 3 is 2.63 bits per heavy atom. The fraction of sp³-hybridized carbons (Fsp3) is 0.938. The van der Waals surface area contributed by atoms with Crippen LogP contribution in [0.4, 0.5) is 0 Å². The average Bonchev–Trinajstić information content (AvgIpc) is 3.13. The van der Waals surface area contributed by atoms with Crippen molar-refractivity contribution in [2.24, 2.45) is 0 Å². The molecule has 0 radical (unpaired) electrons. The number of rotatable bonds is 7. The van der Waals surface area contributed by atoms with Crippen molar-refractivity contribution in [2.45, 2.75) is 82.8 Å². The lowest BCUT2D eigenvalue weighted by Gasteiger charge is -2.33. The van der Waals surface area contributed by atoms with Crippen LogP contribution in [0.1, 0.15) is 65.7 Å². The molecule has 19 heavy (non-hydrogen) atoms. The van der Waals surface area contributed by atoms with Crippen molar-refractivity contribution in [1.82, 2.24) is 10.2 Å². The molecule has 0 aromatic heterocycles. The summed E-state index contributed by atoms with van der Waals surface area (Å²) in [7, 11) is 0. The third kappa shape index (κ3) is 3.70. The van der Waals surface area contributed by atoms with Crippen LogP contribution >= 0.6 is 0 Å². The van der Waals surface area contributed by atoms with E-state index in [1.54, 1.807) is 0 Å². The van der Waals surface area contributed by atoms with Crippen LogP contribution < -0.4 is 5.32 Å². The number of nitrogens with zero attached hydrogens (tertiary/aromatic N) is 2. The average molecular weight is 263 g/mol. The Hall–Kier alpha value is -0.590. The highest BCUT2D eigenvalue weighted by molar-refractivity contribution is 5.09. The molecule has 0 spiro atoms. The van der Waals surface area contributed by atoms with Gasteiger partial charge in [-0.3, -0.25) is 10.2 Å². The molecule has 2 aliphatic rings. The first-order valence-corrected chi connectivity index (χ1v) is 7.95. The van der Waals surface area contributed by atoms with E-state index in [9.17, 15) is 5.26 Å². The maximum atomic E-state index is 9.52. The van der Waals surface area contributed by atoms with Crippen molar-refractivity contribution in [3.63, 3.8) is 0 Å². The minimum Gasteiger partial charge on any atom is -0.298 e. The van der Waals surface area contributed by atoms with E-state index in [0.29, 0.717) is 11.6 Å². The van der Waals surface area contributed by atoms with Gasteiger partial charge >= 0.3 is 0 Å². The molecular weight excluding hydrogens is 234 g/mol. The van der Waals surface area contributed by atoms with Crippen LogP contribution in [0.15, 0.2) is 0 Å². The molecule has 0 aromatic rings. The van der Waals surface area contributed by atoms with Gasteiger partial charge in [0.15, 0.2) is 0 Å². The van der Waals surface area contributed by atoms with E-state index < -0.39 is 0 Å². The third-order valence-electron chi connectivity index (χ3n) is 4.98. The Kier molecular flexibility index (Phi) is 4.53. The summed E-state index contributed by atoms with van der Waals surface area (Å²) < 4.78 is 0. The molecule has 1 heterocycles. The highest BCUT2D eigenvalue weighted by atomic mass is 15.2. The molecule has 3 nitrogen and oxygen atoms in total. The Balaban J connectivity index is 1.80. The van der Waals surface area contributed by atoms with E-state index in [1.807, 2.05) is 0 Å². The largest absolute Gasteiger partial charge is 0.298 e. The molecule has 0 bridgehead atoms. The van der Waals surface area contributed by atoms with E-state index in [4.69, 9.17) is 0 Å². The first-order chi connectivity index (χ1) is 9.01. The highest BCUT2D eigenvalue weighted by Gasteiger charge is 2.36. The van der Waals surface area contributed by atoms with Crippen molar-refractivity contribution in [1.29, 1.82) is 5.26 Å². The van der Waals surface area contributed by atoms with Crippen molar-refractivity contribution in [3.05, 3.63) is 0 Å². The van der Waals surface area contributed by atoms with Crippen molar-refractivity contribution < 1.29 is 0 Å². The fourth-order valence-corrected chi connectivity index (χ4v) is 3.29. The predicted octanol–water partition coefficient (Wildman–Crippen LogP) is 3.07. The topological polar surface area (TPSA) is 39.1 Å². The summed E-state index contributed by atoms with van der Waals surface area (Å²) in [5.41, 5.74) is 0.0937.